The topological polar surface area (TPSA) is 36.0 Å². The number of aryl methyl sites for hydroxylation is 1. The van der Waals surface area contributed by atoms with E-state index >= 15 is 0 Å². The highest BCUT2D eigenvalue weighted by atomic mass is 19.4. The molecule has 0 aromatic carbocycles. The van der Waals surface area contributed by atoms with Crippen molar-refractivity contribution in [3.05, 3.63) is 23.0 Å². The number of aromatic amines is 1. The van der Waals surface area contributed by atoms with Gasteiger partial charge in [-0.25, -0.2) is 4.39 Å². The maximum absolute atomic E-state index is 13.0. The van der Waals surface area contributed by atoms with Crippen molar-refractivity contribution in [2.45, 2.75) is 31.3 Å². The molecule has 15 heavy (non-hydrogen) atoms. The van der Waals surface area contributed by atoms with Gasteiger partial charge in [0.05, 0.1) is 0 Å². The molecule has 84 valence electrons. The molecule has 0 saturated heterocycles. The average molecular weight is 223 g/mol. The molecule has 2 N–H and O–H groups in total. The van der Waals surface area contributed by atoms with Crippen LogP contribution in [0, 0.1) is 0 Å². The summed E-state index contributed by atoms with van der Waals surface area (Å²) in [6.45, 7) is 0. The maximum atomic E-state index is 13.0. The van der Waals surface area contributed by atoms with Gasteiger partial charge in [-0.2, -0.15) is 13.2 Å². The van der Waals surface area contributed by atoms with Crippen molar-refractivity contribution < 1.29 is 22.7 Å². The second-order valence-corrected chi connectivity index (χ2v) is 3.61. The van der Waals surface area contributed by atoms with Gasteiger partial charge in [-0.1, -0.05) is 0 Å². The zero-order valence-corrected chi connectivity index (χ0v) is 7.61. The third-order valence-electron chi connectivity index (χ3n) is 2.57. The van der Waals surface area contributed by atoms with E-state index in [1.807, 2.05) is 0 Å². The SMILES string of the molecule is OC1c2cc(C(F)(F)F)[nH]c2CCC1F. The Labute approximate surface area is 82.9 Å². The predicted molar refractivity (Wildman–Crippen MR) is 44.0 cm³/mol. The molecular weight excluding hydrogens is 214 g/mol. The Hall–Kier alpha value is -1.04. The molecule has 0 fully saturated rings. The summed E-state index contributed by atoms with van der Waals surface area (Å²) in [5.41, 5.74) is -0.620. The lowest BCUT2D eigenvalue weighted by Gasteiger charge is -2.21. The van der Waals surface area contributed by atoms with E-state index in [0.717, 1.165) is 6.07 Å². The first kappa shape index (κ1) is 10.5. The quantitative estimate of drug-likeness (QED) is 0.651. The van der Waals surface area contributed by atoms with E-state index < -0.39 is 24.1 Å². The van der Waals surface area contributed by atoms with E-state index in [1.165, 1.54) is 0 Å². The van der Waals surface area contributed by atoms with Crippen LogP contribution in [0.3, 0.4) is 0 Å². The summed E-state index contributed by atoms with van der Waals surface area (Å²) in [6, 6.07) is 0.783. The molecule has 0 spiro atoms. The fourth-order valence-electron chi connectivity index (χ4n) is 1.77. The van der Waals surface area contributed by atoms with E-state index in [-0.39, 0.29) is 24.1 Å². The van der Waals surface area contributed by atoms with Crippen LogP contribution < -0.4 is 0 Å². The molecule has 0 saturated carbocycles. The zero-order valence-electron chi connectivity index (χ0n) is 7.61. The van der Waals surface area contributed by atoms with Gasteiger partial charge >= 0.3 is 6.18 Å². The zero-order chi connectivity index (χ0) is 11.2. The molecule has 1 heterocycles. The predicted octanol–water partition coefficient (Wildman–Crippen LogP) is 2.35. The number of aliphatic hydroxyl groups excluding tert-OH is 1. The maximum Gasteiger partial charge on any atom is 0.431 e. The van der Waals surface area contributed by atoms with Crippen molar-refractivity contribution >= 4 is 0 Å². The van der Waals surface area contributed by atoms with E-state index in [4.69, 9.17) is 0 Å². The Bertz CT molecular complexity index is 371. The second-order valence-electron chi connectivity index (χ2n) is 3.61. The fraction of sp³-hybridized carbons (Fsp3) is 0.556. The molecule has 1 aliphatic carbocycles. The first-order chi connectivity index (χ1) is 6.89. The molecule has 0 bridgehead atoms. The summed E-state index contributed by atoms with van der Waals surface area (Å²) in [6.07, 6.45) is -7.16. The molecule has 0 radical (unpaired) electrons. The number of alkyl halides is 4. The highest BCUT2D eigenvalue weighted by Crippen LogP contribution is 2.37. The molecule has 0 aliphatic heterocycles. The summed E-state index contributed by atoms with van der Waals surface area (Å²) < 4.78 is 49.9. The van der Waals surface area contributed by atoms with Crippen molar-refractivity contribution in [3.63, 3.8) is 0 Å². The Morgan fingerprint density at radius 1 is 1.40 bits per heavy atom. The molecule has 2 nitrogen and oxygen atoms in total. The molecular formula is C9H9F4NO. The van der Waals surface area contributed by atoms with Gasteiger partial charge in [-0.15, -0.1) is 0 Å². The number of fused-ring (bicyclic) bond motifs is 1. The normalized spacial score (nSPS) is 26.5. The van der Waals surface area contributed by atoms with Gasteiger partial charge < -0.3 is 10.1 Å². The van der Waals surface area contributed by atoms with Gasteiger partial charge in [0.2, 0.25) is 0 Å². The summed E-state index contributed by atoms with van der Waals surface area (Å²) in [4.78, 5) is 2.17. The van der Waals surface area contributed by atoms with Crippen LogP contribution in [0.15, 0.2) is 6.07 Å². The highest BCUT2D eigenvalue weighted by Gasteiger charge is 2.37. The number of nitrogens with one attached hydrogen (secondary N) is 1. The Morgan fingerprint density at radius 2 is 2.07 bits per heavy atom. The van der Waals surface area contributed by atoms with Crippen LogP contribution in [-0.4, -0.2) is 16.3 Å². The second kappa shape index (κ2) is 3.23. The molecule has 2 atom stereocenters. The number of H-pyrrole nitrogens is 1. The van der Waals surface area contributed by atoms with Crippen molar-refractivity contribution in [1.82, 2.24) is 4.98 Å². The van der Waals surface area contributed by atoms with E-state index in [0.29, 0.717) is 0 Å². The lowest BCUT2D eigenvalue weighted by Crippen LogP contribution is -2.20. The number of rotatable bonds is 0. The summed E-state index contributed by atoms with van der Waals surface area (Å²) >= 11 is 0. The smallest absolute Gasteiger partial charge is 0.385 e. The summed E-state index contributed by atoms with van der Waals surface area (Å²) in [5, 5.41) is 9.35. The third-order valence-corrected chi connectivity index (χ3v) is 2.57. The molecule has 1 aromatic rings. The molecule has 2 rings (SSSR count). The largest absolute Gasteiger partial charge is 0.431 e. The van der Waals surface area contributed by atoms with Crippen molar-refractivity contribution in [1.29, 1.82) is 0 Å². The Kier molecular flexibility index (Phi) is 2.26. The van der Waals surface area contributed by atoms with Crippen molar-refractivity contribution in [3.8, 4) is 0 Å². The monoisotopic (exact) mass is 223 g/mol. The number of aliphatic hydroxyl groups is 1. The standard InChI is InChI=1S/C9H9F4NO/c10-5-1-2-6-4(8(5)15)3-7(14-6)9(11,12)13/h3,5,8,14-15H,1-2H2. The van der Waals surface area contributed by atoms with E-state index in [9.17, 15) is 22.7 Å². The van der Waals surface area contributed by atoms with E-state index in [1.54, 1.807) is 0 Å². The summed E-state index contributed by atoms with van der Waals surface area (Å²) in [7, 11) is 0. The number of hydrogen-bond acceptors (Lipinski definition) is 1. The van der Waals surface area contributed by atoms with Gasteiger partial charge in [-0.05, 0) is 18.9 Å². The highest BCUT2D eigenvalue weighted by molar-refractivity contribution is 5.32. The van der Waals surface area contributed by atoms with Gasteiger partial charge in [0.1, 0.15) is 18.0 Å². The van der Waals surface area contributed by atoms with Gasteiger partial charge in [0.25, 0.3) is 0 Å². The van der Waals surface area contributed by atoms with E-state index in [2.05, 4.69) is 4.98 Å². The van der Waals surface area contributed by atoms with Crippen molar-refractivity contribution in [2.24, 2.45) is 0 Å². The van der Waals surface area contributed by atoms with Crippen LogP contribution in [0.2, 0.25) is 0 Å². The van der Waals surface area contributed by atoms with Gasteiger partial charge in [0, 0.05) is 11.3 Å². The van der Waals surface area contributed by atoms with Crippen LogP contribution in [0.25, 0.3) is 0 Å². The average Bonchev–Trinajstić information content (AvgIpc) is 2.55. The van der Waals surface area contributed by atoms with Crippen LogP contribution in [0.1, 0.15) is 29.5 Å². The van der Waals surface area contributed by atoms with Gasteiger partial charge in [0.15, 0.2) is 0 Å². The number of hydrogen-bond donors (Lipinski definition) is 2. The number of aromatic nitrogens is 1. The first-order valence-corrected chi connectivity index (χ1v) is 4.50. The Morgan fingerprint density at radius 3 is 2.67 bits per heavy atom. The van der Waals surface area contributed by atoms with Gasteiger partial charge in [-0.3, -0.25) is 0 Å². The van der Waals surface area contributed by atoms with Crippen LogP contribution >= 0.6 is 0 Å². The molecule has 1 aromatic heterocycles. The minimum Gasteiger partial charge on any atom is -0.385 e. The molecule has 6 heteroatoms. The molecule has 0 amide bonds. The molecule has 1 aliphatic rings. The number of halogens is 4. The van der Waals surface area contributed by atoms with Crippen LogP contribution in [0.5, 0.6) is 0 Å². The Balaban J connectivity index is 2.40. The van der Waals surface area contributed by atoms with Crippen molar-refractivity contribution in [2.75, 3.05) is 0 Å². The van der Waals surface area contributed by atoms with Crippen LogP contribution in [-0.2, 0) is 12.6 Å². The lowest BCUT2D eigenvalue weighted by molar-refractivity contribution is -0.140. The van der Waals surface area contributed by atoms with Crippen LogP contribution in [0.4, 0.5) is 17.6 Å². The fourth-order valence-corrected chi connectivity index (χ4v) is 1.77. The summed E-state index contributed by atoms with van der Waals surface area (Å²) in [5.74, 6) is 0. The minimum absolute atomic E-state index is 0.0288. The lowest BCUT2D eigenvalue weighted by atomic mass is 9.93. The third kappa shape index (κ3) is 1.73. The minimum atomic E-state index is -4.48. The first-order valence-electron chi connectivity index (χ1n) is 4.50. The molecule has 2 unspecified atom stereocenters.